The zero-order valence-corrected chi connectivity index (χ0v) is 16.7. The fourth-order valence-corrected chi connectivity index (χ4v) is 3.14. The summed E-state index contributed by atoms with van der Waals surface area (Å²) in [5.41, 5.74) is -0.567. The lowest BCUT2D eigenvalue weighted by Crippen LogP contribution is -2.76. The van der Waals surface area contributed by atoms with Crippen molar-refractivity contribution in [2.75, 3.05) is 26.2 Å². The second-order valence-electron chi connectivity index (χ2n) is 7.32. The highest BCUT2D eigenvalue weighted by molar-refractivity contribution is 5.07. The smallest absolute Gasteiger partial charge is 0.365 e. The van der Waals surface area contributed by atoms with E-state index in [0.717, 1.165) is 0 Å². The zero-order valence-electron chi connectivity index (χ0n) is 16.7. The number of ether oxygens (including phenoxy) is 1. The van der Waals surface area contributed by atoms with Crippen molar-refractivity contribution in [3.05, 3.63) is 0 Å². The van der Waals surface area contributed by atoms with Crippen molar-refractivity contribution in [1.82, 2.24) is 9.80 Å². The quantitative estimate of drug-likeness (QED) is 0.399. The Morgan fingerprint density at radius 3 is 1.42 bits per heavy atom. The molecule has 33 heavy (non-hydrogen) atoms. The maximum atomic E-state index is 15.2. The van der Waals surface area contributed by atoms with E-state index in [0.29, 0.717) is 0 Å². The summed E-state index contributed by atoms with van der Waals surface area (Å²) >= 11 is 0. The van der Waals surface area contributed by atoms with Crippen LogP contribution in [0.4, 0.5) is 61.5 Å². The number of hydrogen-bond donors (Lipinski definition) is 1. The van der Waals surface area contributed by atoms with Crippen LogP contribution >= 0.6 is 0 Å². The van der Waals surface area contributed by atoms with Gasteiger partial charge in [-0.25, -0.2) is 26.9 Å². The first kappa shape index (κ1) is 29.9. The third-order valence-corrected chi connectivity index (χ3v) is 5.16. The molecule has 1 rings (SSSR count). The van der Waals surface area contributed by atoms with Crippen LogP contribution < -0.4 is 5.73 Å². The van der Waals surface area contributed by atoms with Gasteiger partial charge in [0.05, 0.1) is 0 Å². The lowest BCUT2D eigenvalue weighted by Gasteiger charge is -2.49. The van der Waals surface area contributed by atoms with E-state index in [1.165, 1.54) is 0 Å². The van der Waals surface area contributed by atoms with Crippen LogP contribution in [0.1, 0.15) is 13.8 Å². The van der Waals surface area contributed by atoms with E-state index < -0.39 is 80.7 Å². The highest BCUT2D eigenvalue weighted by Crippen LogP contribution is 2.48. The maximum absolute atomic E-state index is 15.2. The van der Waals surface area contributed by atoms with Crippen LogP contribution in [0.15, 0.2) is 0 Å². The van der Waals surface area contributed by atoms with Crippen LogP contribution in [-0.2, 0) is 4.74 Å². The van der Waals surface area contributed by atoms with Crippen molar-refractivity contribution in [3.8, 4) is 0 Å². The minimum atomic E-state index is -6.36. The van der Waals surface area contributed by atoms with Gasteiger partial charge in [-0.15, -0.1) is 0 Å². The fourth-order valence-electron chi connectivity index (χ4n) is 3.14. The topological polar surface area (TPSA) is 41.7 Å². The summed E-state index contributed by atoms with van der Waals surface area (Å²) in [5, 5.41) is 0. The van der Waals surface area contributed by atoms with Crippen molar-refractivity contribution < 1.29 is 66.2 Å². The molecule has 198 valence electrons. The minimum Gasteiger partial charge on any atom is -0.365 e. The third kappa shape index (κ3) is 5.75. The van der Waals surface area contributed by atoms with Crippen molar-refractivity contribution in [3.63, 3.8) is 0 Å². The van der Waals surface area contributed by atoms with E-state index in [1.807, 2.05) is 0 Å². The molecule has 1 heterocycles. The molecular weight excluding hydrogens is 504 g/mol. The molecule has 0 bridgehead atoms. The van der Waals surface area contributed by atoms with Gasteiger partial charge in [0, 0.05) is 26.2 Å². The van der Waals surface area contributed by atoms with Crippen molar-refractivity contribution in [2.24, 2.45) is 5.73 Å². The van der Waals surface area contributed by atoms with Gasteiger partial charge < -0.3 is 4.74 Å². The van der Waals surface area contributed by atoms with Gasteiger partial charge in [-0.1, -0.05) is 0 Å². The summed E-state index contributed by atoms with van der Waals surface area (Å²) in [4.78, 5) is -0.423. The molecule has 0 amide bonds. The van der Waals surface area contributed by atoms with Gasteiger partial charge in [0.15, 0.2) is 0 Å². The molecule has 2 N–H and O–H groups in total. The molecule has 0 radical (unpaired) electrons. The number of piperazine rings is 1. The normalized spacial score (nSPS) is 24.6. The summed E-state index contributed by atoms with van der Waals surface area (Å²) in [6.07, 6.45) is -29.2. The first-order valence-electron chi connectivity index (χ1n) is 8.96. The predicted molar refractivity (Wildman–Crippen MR) is 83.0 cm³/mol. The Hall–Kier alpha value is -1.14. The number of nitrogens with two attached hydrogens (primary N) is 1. The number of halogens is 14. The highest BCUT2D eigenvalue weighted by atomic mass is 19.4. The lowest BCUT2D eigenvalue weighted by molar-refractivity contribution is -0.349. The molecule has 0 aromatic heterocycles. The molecule has 4 nitrogen and oxygen atoms in total. The van der Waals surface area contributed by atoms with E-state index in [4.69, 9.17) is 5.73 Å². The molecule has 0 aliphatic carbocycles. The number of rotatable bonds is 7. The molecule has 0 aromatic rings. The van der Waals surface area contributed by atoms with Gasteiger partial charge in [0.25, 0.3) is 17.8 Å². The Bertz CT molecular complexity index is 656. The van der Waals surface area contributed by atoms with Gasteiger partial charge >= 0.3 is 24.6 Å². The number of nitrogens with zero attached hydrogens (tertiary/aromatic N) is 2. The van der Waals surface area contributed by atoms with Crippen molar-refractivity contribution in [1.29, 1.82) is 0 Å². The Balaban J connectivity index is 3.22. The van der Waals surface area contributed by atoms with E-state index in [-0.39, 0.29) is 23.6 Å². The predicted octanol–water partition coefficient (Wildman–Crippen LogP) is 4.31. The first-order valence-corrected chi connectivity index (χ1v) is 8.96. The third-order valence-electron chi connectivity index (χ3n) is 5.16. The maximum Gasteiger partial charge on any atom is 0.460 e. The molecule has 1 saturated heterocycles. The second kappa shape index (κ2) is 9.14. The largest absolute Gasteiger partial charge is 0.460 e. The summed E-state index contributed by atoms with van der Waals surface area (Å²) in [7, 11) is 0. The molecule has 1 fully saturated rings. The number of hydrogen-bond acceptors (Lipinski definition) is 4. The molecular formula is C15H19F14N3O. The molecule has 0 aromatic carbocycles. The Morgan fingerprint density at radius 2 is 1.09 bits per heavy atom. The second-order valence-corrected chi connectivity index (χ2v) is 7.32. The molecule has 5 unspecified atom stereocenters. The first-order chi connectivity index (χ1) is 14.4. The zero-order chi connectivity index (χ0) is 26.4. The van der Waals surface area contributed by atoms with E-state index >= 15 is 8.78 Å². The van der Waals surface area contributed by atoms with Gasteiger partial charge in [0.1, 0.15) is 12.2 Å². The molecule has 18 heteroatoms. The van der Waals surface area contributed by atoms with Gasteiger partial charge in [-0.3, -0.25) is 10.6 Å². The summed E-state index contributed by atoms with van der Waals surface area (Å²) in [6, 6.07) is 0. The van der Waals surface area contributed by atoms with E-state index in [1.54, 1.807) is 0 Å². The lowest BCUT2D eigenvalue weighted by atomic mass is 9.91. The molecule has 1 aliphatic rings. The van der Waals surface area contributed by atoms with Crippen LogP contribution in [0.25, 0.3) is 0 Å². The average Bonchev–Trinajstić information content (AvgIpc) is 2.63. The Kier molecular flexibility index (Phi) is 8.28. The van der Waals surface area contributed by atoms with Crippen molar-refractivity contribution >= 4 is 0 Å². The molecule has 0 spiro atoms. The standard InChI is InChI=1S/C15H19F14N3O/c1-7(10(17,18)9(16)12(20,21)22)33-8(2)11(19,13(23,24)25)14(26,30)31-3-5-32(6-4-31)15(27,28)29/h7-9H,3-6,30H2,1-2H3. The molecule has 0 saturated carbocycles. The molecule has 5 atom stereocenters. The Morgan fingerprint density at radius 1 is 0.697 bits per heavy atom. The SMILES string of the molecule is CC(OC(C)C(F)(C(F)(F)F)C(N)(F)N1CCN(C(F)(F)F)CC1)C(F)(F)C(F)C(F)(F)F. The summed E-state index contributed by atoms with van der Waals surface area (Å²) in [5.74, 6) is -10.2. The van der Waals surface area contributed by atoms with Gasteiger partial charge in [0.2, 0.25) is 0 Å². The monoisotopic (exact) mass is 523 g/mol. The van der Waals surface area contributed by atoms with E-state index in [2.05, 4.69) is 4.74 Å². The average molecular weight is 523 g/mol. The Labute approximate surface area is 177 Å². The van der Waals surface area contributed by atoms with Gasteiger partial charge in [-0.2, -0.15) is 39.5 Å². The summed E-state index contributed by atoms with van der Waals surface area (Å²) in [6.45, 7) is -4.68. The highest BCUT2D eigenvalue weighted by Gasteiger charge is 2.74. The number of alkyl halides is 14. The van der Waals surface area contributed by atoms with E-state index in [9.17, 15) is 52.7 Å². The van der Waals surface area contributed by atoms with Crippen LogP contribution in [0.2, 0.25) is 0 Å². The molecule has 1 aliphatic heterocycles. The minimum absolute atomic E-state index is 0.00799. The van der Waals surface area contributed by atoms with Gasteiger partial charge in [-0.05, 0) is 13.8 Å². The summed E-state index contributed by atoms with van der Waals surface area (Å²) < 4.78 is 190. The van der Waals surface area contributed by atoms with Crippen LogP contribution in [0, 0.1) is 0 Å². The van der Waals surface area contributed by atoms with Crippen LogP contribution in [-0.4, -0.2) is 90.5 Å². The van der Waals surface area contributed by atoms with Crippen LogP contribution in [0.3, 0.4) is 0 Å². The van der Waals surface area contributed by atoms with Crippen molar-refractivity contribution in [2.45, 2.75) is 68.4 Å². The fraction of sp³-hybridized carbons (Fsp3) is 1.00. The van der Waals surface area contributed by atoms with Crippen LogP contribution in [0.5, 0.6) is 0 Å².